The topological polar surface area (TPSA) is 94.1 Å². The summed E-state index contributed by atoms with van der Waals surface area (Å²) in [5.74, 6) is -0.336. The van der Waals surface area contributed by atoms with Crippen LogP contribution in [0.4, 0.5) is 0 Å². The van der Waals surface area contributed by atoms with Crippen LogP contribution in [0.25, 0.3) is 0 Å². The van der Waals surface area contributed by atoms with E-state index in [1.54, 1.807) is 24.6 Å². The summed E-state index contributed by atoms with van der Waals surface area (Å²) in [6.45, 7) is 1.54. The minimum absolute atomic E-state index is 0.336. The first-order valence-corrected chi connectivity index (χ1v) is 5.49. The molecule has 0 bridgehead atoms. The number of aromatic nitrogens is 1. The molecule has 1 aromatic rings. The van der Waals surface area contributed by atoms with E-state index in [1.165, 1.54) is 6.92 Å². The summed E-state index contributed by atoms with van der Waals surface area (Å²) in [5.41, 5.74) is 5.36. The molecular weight excluding hydrogens is 284 g/mol. The minimum Gasteiger partial charge on any atom is -0.385 e. The maximum atomic E-state index is 9.88. The fourth-order valence-corrected chi connectivity index (χ4v) is 1.27. The third-order valence-electron chi connectivity index (χ3n) is 1.36. The molecule has 1 rings (SSSR count). The van der Waals surface area contributed by atoms with Crippen molar-refractivity contribution < 1.29 is 4.92 Å². The lowest BCUT2D eigenvalue weighted by Crippen LogP contribution is -2.17. The van der Waals surface area contributed by atoms with E-state index in [2.05, 4.69) is 26.2 Å². The van der Waals surface area contributed by atoms with Gasteiger partial charge in [-0.25, -0.2) is 4.98 Å². The lowest BCUT2D eigenvalue weighted by molar-refractivity contribution is -0.428. The Kier molecular flexibility index (Phi) is 6.63. The minimum atomic E-state index is -0.633. The van der Waals surface area contributed by atoms with Crippen LogP contribution in [0.5, 0.6) is 0 Å². The van der Waals surface area contributed by atoms with Gasteiger partial charge in [0.05, 0.1) is 0 Å². The molecule has 0 unspecified atom stereocenters. The van der Waals surface area contributed by atoms with Gasteiger partial charge in [-0.1, -0.05) is 0 Å². The molecule has 0 aromatic carbocycles. The number of halogens is 1. The highest BCUT2D eigenvalue weighted by Gasteiger charge is 2.03. The Hall–Kier alpha value is -1.15. The summed E-state index contributed by atoms with van der Waals surface area (Å²) in [5, 5.41) is 14.4. The quantitative estimate of drug-likeness (QED) is 0.637. The zero-order valence-corrected chi connectivity index (χ0v) is 10.6. The van der Waals surface area contributed by atoms with Crippen molar-refractivity contribution in [2.75, 3.05) is 7.05 Å². The molecule has 0 radical (unpaired) electrons. The molecule has 6 nitrogen and oxygen atoms in total. The molecule has 8 heteroatoms. The van der Waals surface area contributed by atoms with Crippen LogP contribution in [0.3, 0.4) is 0 Å². The molecule has 0 atom stereocenters. The van der Waals surface area contributed by atoms with E-state index in [1.807, 2.05) is 5.38 Å². The number of nitrogens with zero attached hydrogens (tertiary/aromatic N) is 2. The largest absolute Gasteiger partial charge is 0.385 e. The summed E-state index contributed by atoms with van der Waals surface area (Å²) < 4.78 is 0.947. The van der Waals surface area contributed by atoms with Gasteiger partial charge in [0.25, 0.3) is 0 Å². The molecular formula is C7H11BrN4O2S. The number of hydrogen-bond donors (Lipinski definition) is 2. The Labute approximate surface area is 99.5 Å². The molecule has 1 aromatic heterocycles. The van der Waals surface area contributed by atoms with E-state index in [0.717, 1.165) is 3.92 Å². The Morgan fingerprint density at radius 3 is 2.53 bits per heavy atom. The molecule has 0 aliphatic heterocycles. The third-order valence-corrected chi connectivity index (χ3v) is 2.68. The predicted molar refractivity (Wildman–Crippen MR) is 62.8 cm³/mol. The molecule has 1 heterocycles. The molecule has 0 aliphatic carbocycles. The van der Waals surface area contributed by atoms with Crippen LogP contribution in [-0.4, -0.2) is 17.0 Å². The second-order valence-electron chi connectivity index (χ2n) is 2.30. The van der Waals surface area contributed by atoms with E-state index < -0.39 is 4.92 Å². The van der Waals surface area contributed by atoms with Crippen molar-refractivity contribution in [2.45, 2.75) is 6.92 Å². The van der Waals surface area contributed by atoms with Crippen molar-refractivity contribution in [3.8, 4) is 0 Å². The lowest BCUT2D eigenvalue weighted by Gasteiger charge is -1.98. The molecule has 0 fully saturated rings. The number of hydrogen-bond acceptors (Lipinski definition) is 6. The van der Waals surface area contributed by atoms with Crippen LogP contribution < -0.4 is 11.1 Å². The molecule has 0 amide bonds. The number of nitro groups is 1. The molecule has 0 spiro atoms. The van der Waals surface area contributed by atoms with Crippen LogP contribution in [0, 0.1) is 10.1 Å². The monoisotopic (exact) mass is 294 g/mol. The highest BCUT2D eigenvalue weighted by Crippen LogP contribution is 2.10. The van der Waals surface area contributed by atoms with Gasteiger partial charge in [-0.2, -0.15) is 0 Å². The SMILES string of the molecule is Brc1nccs1.CNC(C)=C(N)[N+](=O)[O-]. The van der Waals surface area contributed by atoms with Crippen LogP contribution in [0.1, 0.15) is 6.92 Å². The normalized spacial score (nSPS) is 10.9. The zero-order valence-electron chi connectivity index (χ0n) is 8.23. The summed E-state index contributed by atoms with van der Waals surface area (Å²) >= 11 is 4.77. The first kappa shape index (κ1) is 13.8. The van der Waals surface area contributed by atoms with Crippen molar-refractivity contribution in [3.05, 3.63) is 37.1 Å². The smallest absolute Gasteiger partial charge is 0.332 e. The first-order valence-electron chi connectivity index (χ1n) is 3.82. The van der Waals surface area contributed by atoms with Crippen molar-refractivity contribution in [1.82, 2.24) is 10.3 Å². The van der Waals surface area contributed by atoms with Gasteiger partial charge < -0.3 is 15.4 Å². The maximum absolute atomic E-state index is 9.88. The van der Waals surface area contributed by atoms with Gasteiger partial charge in [0.1, 0.15) is 5.70 Å². The van der Waals surface area contributed by atoms with E-state index in [0.29, 0.717) is 5.70 Å². The van der Waals surface area contributed by atoms with Crippen molar-refractivity contribution >= 4 is 27.3 Å². The van der Waals surface area contributed by atoms with E-state index in [9.17, 15) is 10.1 Å². The number of thiazole rings is 1. The van der Waals surface area contributed by atoms with Crippen LogP contribution in [0.15, 0.2) is 27.0 Å². The molecule has 0 saturated carbocycles. The Bertz CT molecular complexity index is 339. The van der Waals surface area contributed by atoms with E-state index in [4.69, 9.17) is 5.73 Å². The van der Waals surface area contributed by atoms with Crippen LogP contribution >= 0.6 is 27.3 Å². The van der Waals surface area contributed by atoms with E-state index in [-0.39, 0.29) is 5.82 Å². The fourth-order valence-electron chi connectivity index (χ4n) is 0.471. The average Bonchev–Trinajstić information content (AvgIpc) is 2.67. The molecule has 0 aliphatic rings. The van der Waals surface area contributed by atoms with Gasteiger partial charge in [-0.05, 0) is 27.8 Å². The van der Waals surface area contributed by atoms with Crippen LogP contribution in [-0.2, 0) is 0 Å². The summed E-state index contributed by atoms with van der Waals surface area (Å²) in [4.78, 5) is 13.1. The summed E-state index contributed by atoms with van der Waals surface area (Å²) in [7, 11) is 1.58. The van der Waals surface area contributed by atoms with Crippen molar-refractivity contribution in [1.29, 1.82) is 0 Å². The van der Waals surface area contributed by atoms with Gasteiger partial charge >= 0.3 is 5.82 Å². The molecule has 15 heavy (non-hydrogen) atoms. The van der Waals surface area contributed by atoms with Crippen molar-refractivity contribution in [2.24, 2.45) is 5.73 Å². The van der Waals surface area contributed by atoms with Gasteiger partial charge in [0, 0.05) is 18.6 Å². The Balaban J connectivity index is 0.000000280. The van der Waals surface area contributed by atoms with Gasteiger partial charge in [0.15, 0.2) is 3.92 Å². The average molecular weight is 295 g/mol. The predicted octanol–water partition coefficient (Wildman–Crippen LogP) is 1.54. The van der Waals surface area contributed by atoms with Crippen molar-refractivity contribution in [3.63, 3.8) is 0 Å². The number of nitrogens with two attached hydrogens (primary N) is 1. The third kappa shape index (κ3) is 6.02. The lowest BCUT2D eigenvalue weighted by atomic mass is 10.5. The second-order valence-corrected chi connectivity index (χ2v) is 4.47. The molecule has 84 valence electrons. The maximum Gasteiger partial charge on any atom is 0.332 e. The number of allylic oxidation sites excluding steroid dienone is 1. The van der Waals surface area contributed by atoms with Gasteiger partial charge in [0.2, 0.25) is 0 Å². The fraction of sp³-hybridized carbons (Fsp3) is 0.286. The summed E-state index contributed by atoms with van der Waals surface area (Å²) in [6.07, 6.45) is 1.76. The zero-order chi connectivity index (χ0) is 11.8. The van der Waals surface area contributed by atoms with Crippen LogP contribution in [0.2, 0.25) is 0 Å². The molecule has 0 saturated heterocycles. The molecule has 3 N–H and O–H groups in total. The highest BCUT2D eigenvalue weighted by molar-refractivity contribution is 9.11. The van der Waals surface area contributed by atoms with E-state index >= 15 is 0 Å². The number of rotatable bonds is 2. The summed E-state index contributed by atoms with van der Waals surface area (Å²) in [6, 6.07) is 0. The Morgan fingerprint density at radius 2 is 2.40 bits per heavy atom. The Morgan fingerprint density at radius 1 is 1.80 bits per heavy atom. The van der Waals surface area contributed by atoms with Gasteiger partial charge in [-0.15, -0.1) is 11.3 Å². The first-order chi connectivity index (χ1) is 6.99. The van der Waals surface area contributed by atoms with Gasteiger partial charge in [-0.3, -0.25) is 5.73 Å². The standard InChI is InChI=1S/C4H9N3O2.C3H2BrNS/c1-3(6-2)4(5)7(8)9;4-3-5-1-2-6-3/h6H,5H2,1-2H3;1-2H. The second kappa shape index (κ2) is 7.18. The number of nitrogens with one attached hydrogen (secondary N) is 1. The highest BCUT2D eigenvalue weighted by atomic mass is 79.9.